The Bertz CT molecular complexity index is 748. The molecular weight excluding hydrogens is 352 g/mol. The Morgan fingerprint density at radius 2 is 1.89 bits per heavy atom. The monoisotopic (exact) mass is 384 g/mol. The Kier molecular flexibility index (Phi) is 7.09. The SMILES string of the molecule is CCCc1ccc(CN(Cc2coc(C)n2)C(=O)NC2CCN(C)CC2)cc1. The van der Waals surface area contributed by atoms with Crippen LogP contribution in [-0.4, -0.2) is 47.0 Å². The van der Waals surface area contributed by atoms with Gasteiger partial charge in [-0.2, -0.15) is 0 Å². The number of piperidine rings is 1. The van der Waals surface area contributed by atoms with Crippen LogP contribution >= 0.6 is 0 Å². The number of carbonyl (C=O) groups excluding carboxylic acids is 1. The van der Waals surface area contributed by atoms with Crippen molar-refractivity contribution in [1.29, 1.82) is 0 Å². The molecule has 1 N–H and O–H groups in total. The number of aromatic nitrogens is 1. The van der Waals surface area contributed by atoms with Gasteiger partial charge in [0.2, 0.25) is 0 Å². The summed E-state index contributed by atoms with van der Waals surface area (Å²) in [6, 6.07) is 8.76. The molecule has 0 atom stereocenters. The second kappa shape index (κ2) is 9.73. The number of nitrogens with one attached hydrogen (secondary N) is 1. The molecular formula is C22H32N4O2. The minimum Gasteiger partial charge on any atom is -0.449 e. The van der Waals surface area contributed by atoms with Crippen molar-refractivity contribution in [1.82, 2.24) is 20.1 Å². The number of hydrogen-bond donors (Lipinski definition) is 1. The molecule has 1 saturated heterocycles. The Hall–Kier alpha value is -2.34. The van der Waals surface area contributed by atoms with Crippen LogP contribution in [0.5, 0.6) is 0 Å². The van der Waals surface area contributed by atoms with Gasteiger partial charge < -0.3 is 19.5 Å². The molecule has 152 valence electrons. The zero-order valence-electron chi connectivity index (χ0n) is 17.3. The number of oxazole rings is 1. The fraction of sp³-hybridized carbons (Fsp3) is 0.545. The van der Waals surface area contributed by atoms with E-state index in [4.69, 9.17) is 4.42 Å². The molecule has 1 aromatic heterocycles. The molecule has 3 rings (SSSR count). The molecule has 0 radical (unpaired) electrons. The van der Waals surface area contributed by atoms with E-state index in [-0.39, 0.29) is 12.1 Å². The first-order valence-electron chi connectivity index (χ1n) is 10.3. The van der Waals surface area contributed by atoms with Crippen molar-refractivity contribution in [3.05, 3.63) is 53.2 Å². The Morgan fingerprint density at radius 3 is 2.50 bits per heavy atom. The van der Waals surface area contributed by atoms with Gasteiger partial charge >= 0.3 is 6.03 Å². The summed E-state index contributed by atoms with van der Waals surface area (Å²) >= 11 is 0. The van der Waals surface area contributed by atoms with Crippen molar-refractivity contribution in [2.45, 2.75) is 58.7 Å². The van der Waals surface area contributed by atoms with Crippen molar-refractivity contribution in [2.24, 2.45) is 0 Å². The van der Waals surface area contributed by atoms with Crippen molar-refractivity contribution in [2.75, 3.05) is 20.1 Å². The van der Waals surface area contributed by atoms with E-state index in [0.29, 0.717) is 19.0 Å². The molecule has 1 fully saturated rings. The number of benzene rings is 1. The minimum absolute atomic E-state index is 0.0344. The third kappa shape index (κ3) is 5.83. The topological polar surface area (TPSA) is 61.6 Å². The number of nitrogens with zero attached hydrogens (tertiary/aromatic N) is 3. The standard InChI is InChI=1S/C22H32N4O2/c1-4-5-18-6-8-19(9-7-18)14-26(15-21-16-28-17(2)23-21)22(27)24-20-10-12-25(3)13-11-20/h6-9,16,20H,4-5,10-15H2,1-3H3,(H,24,27). The molecule has 1 aliphatic heterocycles. The summed E-state index contributed by atoms with van der Waals surface area (Å²) < 4.78 is 5.32. The molecule has 2 aromatic rings. The molecule has 0 bridgehead atoms. The minimum atomic E-state index is -0.0344. The highest BCUT2D eigenvalue weighted by molar-refractivity contribution is 5.74. The largest absolute Gasteiger partial charge is 0.449 e. The van der Waals surface area contributed by atoms with Crippen molar-refractivity contribution in [3.63, 3.8) is 0 Å². The van der Waals surface area contributed by atoms with E-state index in [1.54, 1.807) is 6.26 Å². The third-order valence-corrected chi connectivity index (χ3v) is 5.29. The molecule has 28 heavy (non-hydrogen) atoms. The van der Waals surface area contributed by atoms with E-state index in [1.165, 1.54) is 5.56 Å². The van der Waals surface area contributed by atoms with Gasteiger partial charge in [-0.05, 0) is 50.5 Å². The molecule has 0 aliphatic carbocycles. The van der Waals surface area contributed by atoms with Crippen LogP contribution < -0.4 is 5.32 Å². The second-order valence-corrected chi connectivity index (χ2v) is 7.81. The number of amides is 2. The van der Waals surface area contributed by atoms with Crippen LogP contribution in [0, 0.1) is 6.92 Å². The maximum atomic E-state index is 13.0. The maximum absolute atomic E-state index is 13.0. The van der Waals surface area contributed by atoms with Gasteiger partial charge in [0.05, 0.1) is 12.2 Å². The lowest BCUT2D eigenvalue weighted by Crippen LogP contribution is -2.48. The predicted octanol–water partition coefficient (Wildman–Crippen LogP) is 3.74. The molecule has 6 nitrogen and oxygen atoms in total. The smallest absolute Gasteiger partial charge is 0.318 e. The van der Waals surface area contributed by atoms with E-state index < -0.39 is 0 Å². The molecule has 2 amide bonds. The summed E-state index contributed by atoms with van der Waals surface area (Å²) in [5, 5.41) is 3.22. The van der Waals surface area contributed by atoms with Crippen LogP contribution in [0.3, 0.4) is 0 Å². The number of likely N-dealkylation sites (tertiary alicyclic amines) is 1. The molecule has 1 aliphatic rings. The first-order chi connectivity index (χ1) is 13.5. The maximum Gasteiger partial charge on any atom is 0.318 e. The van der Waals surface area contributed by atoms with E-state index >= 15 is 0 Å². The summed E-state index contributed by atoms with van der Waals surface area (Å²) in [5.74, 6) is 0.620. The summed E-state index contributed by atoms with van der Waals surface area (Å²) in [7, 11) is 2.12. The van der Waals surface area contributed by atoms with E-state index in [9.17, 15) is 4.79 Å². The van der Waals surface area contributed by atoms with Crippen LogP contribution in [0.1, 0.15) is 48.9 Å². The zero-order valence-corrected chi connectivity index (χ0v) is 17.3. The molecule has 6 heteroatoms. The lowest BCUT2D eigenvalue weighted by Gasteiger charge is -2.31. The van der Waals surface area contributed by atoms with Gasteiger partial charge in [0.15, 0.2) is 5.89 Å². The van der Waals surface area contributed by atoms with E-state index in [2.05, 4.69) is 53.4 Å². The van der Waals surface area contributed by atoms with Crippen LogP contribution in [0.4, 0.5) is 4.79 Å². The molecule has 0 unspecified atom stereocenters. The highest BCUT2D eigenvalue weighted by Gasteiger charge is 2.22. The lowest BCUT2D eigenvalue weighted by molar-refractivity contribution is 0.175. The summed E-state index contributed by atoms with van der Waals surface area (Å²) in [5.41, 5.74) is 3.23. The molecule has 2 heterocycles. The lowest BCUT2D eigenvalue weighted by atomic mass is 10.1. The van der Waals surface area contributed by atoms with E-state index in [0.717, 1.165) is 50.0 Å². The predicted molar refractivity (Wildman–Crippen MR) is 110 cm³/mol. The van der Waals surface area contributed by atoms with Crippen molar-refractivity contribution >= 4 is 6.03 Å². The summed E-state index contributed by atoms with van der Waals surface area (Å²) in [6.45, 7) is 7.03. The first-order valence-corrected chi connectivity index (χ1v) is 10.3. The Morgan fingerprint density at radius 1 is 1.21 bits per heavy atom. The van der Waals surface area contributed by atoms with Crippen molar-refractivity contribution < 1.29 is 9.21 Å². The third-order valence-electron chi connectivity index (χ3n) is 5.29. The van der Waals surface area contributed by atoms with Gasteiger partial charge in [-0.3, -0.25) is 0 Å². The van der Waals surface area contributed by atoms with Gasteiger partial charge in [0, 0.05) is 19.5 Å². The van der Waals surface area contributed by atoms with Gasteiger partial charge in [0.1, 0.15) is 6.26 Å². The van der Waals surface area contributed by atoms with Crippen molar-refractivity contribution in [3.8, 4) is 0 Å². The second-order valence-electron chi connectivity index (χ2n) is 7.81. The highest BCUT2D eigenvalue weighted by atomic mass is 16.3. The van der Waals surface area contributed by atoms with Crippen LogP contribution in [0.25, 0.3) is 0 Å². The Balaban J connectivity index is 1.67. The van der Waals surface area contributed by atoms with Crippen LogP contribution in [0.15, 0.2) is 34.9 Å². The number of aryl methyl sites for hydroxylation is 2. The molecule has 1 aromatic carbocycles. The van der Waals surface area contributed by atoms with Crippen LogP contribution in [0.2, 0.25) is 0 Å². The summed E-state index contributed by atoms with van der Waals surface area (Å²) in [6.07, 6.45) is 5.83. The molecule has 0 saturated carbocycles. The highest BCUT2D eigenvalue weighted by Crippen LogP contribution is 2.14. The average Bonchev–Trinajstić information content (AvgIpc) is 3.09. The number of urea groups is 1. The number of rotatable bonds is 7. The molecule has 0 spiro atoms. The van der Waals surface area contributed by atoms with Gasteiger partial charge in [-0.15, -0.1) is 0 Å². The van der Waals surface area contributed by atoms with Gasteiger partial charge in [-0.25, -0.2) is 9.78 Å². The van der Waals surface area contributed by atoms with Crippen LogP contribution in [-0.2, 0) is 19.5 Å². The first kappa shape index (κ1) is 20.4. The van der Waals surface area contributed by atoms with Gasteiger partial charge in [0.25, 0.3) is 0 Å². The number of carbonyl (C=O) groups is 1. The fourth-order valence-electron chi connectivity index (χ4n) is 3.62. The van der Waals surface area contributed by atoms with Gasteiger partial charge in [-0.1, -0.05) is 37.6 Å². The normalized spacial score (nSPS) is 15.5. The number of hydrogen-bond acceptors (Lipinski definition) is 4. The average molecular weight is 385 g/mol. The summed E-state index contributed by atoms with van der Waals surface area (Å²) in [4.78, 5) is 21.5. The Labute approximate surface area is 167 Å². The van der Waals surface area contributed by atoms with E-state index in [1.807, 2.05) is 11.8 Å². The quantitative estimate of drug-likeness (QED) is 0.790. The fourth-order valence-corrected chi connectivity index (χ4v) is 3.62. The zero-order chi connectivity index (χ0) is 19.9.